The zero-order chi connectivity index (χ0) is 13.7. The highest BCUT2D eigenvalue weighted by Gasteiger charge is 2.21. The summed E-state index contributed by atoms with van der Waals surface area (Å²) in [5.74, 6) is 0.911. The van der Waals surface area contributed by atoms with E-state index in [-0.39, 0.29) is 5.91 Å². The third-order valence-electron chi connectivity index (χ3n) is 3.78. The van der Waals surface area contributed by atoms with Gasteiger partial charge in [-0.25, -0.2) is 0 Å². The molecule has 1 fully saturated rings. The van der Waals surface area contributed by atoms with Crippen molar-refractivity contribution in [2.45, 2.75) is 39.0 Å². The Hall–Kier alpha value is -0.900. The maximum absolute atomic E-state index is 12.4. The molecule has 4 heteroatoms. The predicted molar refractivity (Wildman–Crippen MR) is 80.1 cm³/mol. The average Bonchev–Trinajstić information content (AvgIpc) is 2.64. The van der Waals surface area contributed by atoms with E-state index in [1.165, 1.54) is 19.3 Å². The van der Waals surface area contributed by atoms with Gasteiger partial charge >= 0.3 is 0 Å². The maximum Gasteiger partial charge on any atom is 0.255 e. The van der Waals surface area contributed by atoms with Gasteiger partial charge in [0.15, 0.2) is 0 Å². The SMILES string of the molecule is CCCC1CCCN(C(=O)c2cncc(Br)c2)CC1. The first-order chi connectivity index (χ1) is 9.20. The molecule has 0 aliphatic carbocycles. The Labute approximate surface area is 123 Å². The number of rotatable bonds is 3. The zero-order valence-electron chi connectivity index (χ0n) is 11.4. The number of pyridine rings is 1. The summed E-state index contributed by atoms with van der Waals surface area (Å²) in [5.41, 5.74) is 0.684. The Morgan fingerprint density at radius 1 is 1.42 bits per heavy atom. The number of nitrogens with zero attached hydrogens (tertiary/aromatic N) is 2. The van der Waals surface area contributed by atoms with Gasteiger partial charge in [0.05, 0.1) is 5.56 Å². The second-order valence-corrected chi connectivity index (χ2v) is 6.19. The Kier molecular flexibility index (Phi) is 5.37. The molecule has 0 N–H and O–H groups in total. The van der Waals surface area contributed by atoms with Gasteiger partial charge in [-0.05, 0) is 47.2 Å². The first-order valence-corrected chi connectivity index (χ1v) is 7.90. The van der Waals surface area contributed by atoms with E-state index in [1.54, 1.807) is 12.4 Å². The third kappa shape index (κ3) is 4.03. The minimum Gasteiger partial charge on any atom is -0.339 e. The number of likely N-dealkylation sites (tertiary alicyclic amines) is 1. The molecule has 1 unspecified atom stereocenters. The number of carbonyl (C=O) groups is 1. The lowest BCUT2D eigenvalue weighted by molar-refractivity contribution is 0.0759. The van der Waals surface area contributed by atoms with Crippen LogP contribution in [0.3, 0.4) is 0 Å². The van der Waals surface area contributed by atoms with E-state index >= 15 is 0 Å². The molecule has 3 nitrogen and oxygen atoms in total. The topological polar surface area (TPSA) is 33.2 Å². The number of hydrogen-bond acceptors (Lipinski definition) is 2. The molecule has 1 atom stereocenters. The second-order valence-electron chi connectivity index (χ2n) is 5.27. The van der Waals surface area contributed by atoms with E-state index in [0.29, 0.717) is 5.56 Å². The van der Waals surface area contributed by atoms with Crippen molar-refractivity contribution < 1.29 is 4.79 Å². The summed E-state index contributed by atoms with van der Waals surface area (Å²) in [6.07, 6.45) is 9.42. The van der Waals surface area contributed by atoms with Crippen molar-refractivity contribution in [3.05, 3.63) is 28.5 Å². The van der Waals surface area contributed by atoms with Crippen LogP contribution in [0, 0.1) is 5.92 Å². The summed E-state index contributed by atoms with van der Waals surface area (Å²) in [4.78, 5) is 18.5. The fraction of sp³-hybridized carbons (Fsp3) is 0.600. The lowest BCUT2D eigenvalue weighted by Crippen LogP contribution is -2.32. The molecular weight excluding hydrogens is 304 g/mol. The molecular formula is C15H21BrN2O. The summed E-state index contributed by atoms with van der Waals surface area (Å²) in [6, 6.07) is 1.85. The van der Waals surface area contributed by atoms with Gasteiger partial charge in [0.1, 0.15) is 0 Å². The van der Waals surface area contributed by atoms with E-state index in [9.17, 15) is 4.79 Å². The number of amides is 1. The standard InChI is InChI=1S/C15H21BrN2O/c1-2-4-12-5-3-7-18(8-6-12)15(19)13-9-14(16)11-17-10-13/h9-12H,2-8H2,1H3. The zero-order valence-corrected chi connectivity index (χ0v) is 13.0. The molecule has 0 aromatic carbocycles. The highest BCUT2D eigenvalue weighted by molar-refractivity contribution is 9.10. The van der Waals surface area contributed by atoms with E-state index in [4.69, 9.17) is 0 Å². The number of halogens is 1. The summed E-state index contributed by atoms with van der Waals surface area (Å²) in [7, 11) is 0. The van der Waals surface area contributed by atoms with E-state index in [1.807, 2.05) is 11.0 Å². The summed E-state index contributed by atoms with van der Waals surface area (Å²) in [6.45, 7) is 4.00. The average molecular weight is 325 g/mol. The van der Waals surface area contributed by atoms with Crippen LogP contribution in [0.4, 0.5) is 0 Å². The van der Waals surface area contributed by atoms with Crippen LogP contribution in [0.15, 0.2) is 22.9 Å². The Balaban J connectivity index is 2.00. The monoisotopic (exact) mass is 324 g/mol. The molecule has 0 radical (unpaired) electrons. The molecule has 0 bridgehead atoms. The molecule has 0 saturated carbocycles. The molecule has 1 saturated heterocycles. The van der Waals surface area contributed by atoms with Gasteiger partial charge in [0, 0.05) is 30.0 Å². The molecule has 2 rings (SSSR count). The molecule has 1 aliphatic heterocycles. The minimum atomic E-state index is 0.117. The highest BCUT2D eigenvalue weighted by atomic mass is 79.9. The molecule has 0 spiro atoms. The van der Waals surface area contributed by atoms with Crippen LogP contribution in [-0.2, 0) is 0 Å². The first-order valence-electron chi connectivity index (χ1n) is 7.10. The van der Waals surface area contributed by atoms with Gasteiger partial charge in [-0.15, -0.1) is 0 Å². The third-order valence-corrected chi connectivity index (χ3v) is 4.22. The van der Waals surface area contributed by atoms with Gasteiger partial charge in [-0.3, -0.25) is 9.78 Å². The van der Waals surface area contributed by atoms with E-state index < -0.39 is 0 Å². The molecule has 1 aromatic rings. The fourth-order valence-corrected chi connectivity index (χ4v) is 3.14. The van der Waals surface area contributed by atoms with Crippen molar-refractivity contribution >= 4 is 21.8 Å². The normalized spacial score (nSPS) is 20.1. The molecule has 2 heterocycles. The quantitative estimate of drug-likeness (QED) is 0.845. The van der Waals surface area contributed by atoms with E-state index in [0.717, 1.165) is 36.3 Å². The molecule has 1 aliphatic rings. The van der Waals surface area contributed by atoms with Gasteiger partial charge in [0.2, 0.25) is 0 Å². The van der Waals surface area contributed by atoms with Crippen molar-refractivity contribution in [3.8, 4) is 0 Å². The lowest BCUT2D eigenvalue weighted by atomic mass is 9.96. The van der Waals surface area contributed by atoms with Gasteiger partial charge < -0.3 is 4.90 Å². The van der Waals surface area contributed by atoms with Crippen LogP contribution in [0.25, 0.3) is 0 Å². The number of aromatic nitrogens is 1. The number of carbonyl (C=O) groups excluding carboxylic acids is 1. The largest absolute Gasteiger partial charge is 0.339 e. The van der Waals surface area contributed by atoms with Crippen molar-refractivity contribution in [1.82, 2.24) is 9.88 Å². The molecule has 1 amide bonds. The molecule has 1 aromatic heterocycles. The maximum atomic E-state index is 12.4. The van der Waals surface area contributed by atoms with Gasteiger partial charge in [0.25, 0.3) is 5.91 Å². The Morgan fingerprint density at radius 2 is 2.26 bits per heavy atom. The Morgan fingerprint density at radius 3 is 3.00 bits per heavy atom. The molecule has 104 valence electrons. The summed E-state index contributed by atoms with van der Waals surface area (Å²) in [5, 5.41) is 0. The van der Waals surface area contributed by atoms with Crippen LogP contribution in [-0.4, -0.2) is 28.9 Å². The van der Waals surface area contributed by atoms with Crippen LogP contribution >= 0.6 is 15.9 Å². The van der Waals surface area contributed by atoms with Crippen molar-refractivity contribution in [2.75, 3.05) is 13.1 Å². The fourth-order valence-electron chi connectivity index (χ4n) is 2.78. The van der Waals surface area contributed by atoms with Crippen LogP contribution in [0.1, 0.15) is 49.4 Å². The minimum absolute atomic E-state index is 0.117. The summed E-state index contributed by atoms with van der Waals surface area (Å²) < 4.78 is 0.858. The van der Waals surface area contributed by atoms with Crippen molar-refractivity contribution in [2.24, 2.45) is 5.92 Å². The summed E-state index contributed by atoms with van der Waals surface area (Å²) >= 11 is 3.37. The smallest absolute Gasteiger partial charge is 0.255 e. The number of hydrogen-bond donors (Lipinski definition) is 0. The molecule has 19 heavy (non-hydrogen) atoms. The first kappa shape index (κ1) is 14.5. The van der Waals surface area contributed by atoms with Gasteiger partial charge in [-0.2, -0.15) is 0 Å². The van der Waals surface area contributed by atoms with Crippen LogP contribution in [0.5, 0.6) is 0 Å². The predicted octanol–water partition coefficient (Wildman–Crippen LogP) is 3.89. The van der Waals surface area contributed by atoms with Crippen molar-refractivity contribution in [3.63, 3.8) is 0 Å². The van der Waals surface area contributed by atoms with Crippen molar-refractivity contribution in [1.29, 1.82) is 0 Å². The Bertz CT molecular complexity index is 436. The van der Waals surface area contributed by atoms with Crippen LogP contribution < -0.4 is 0 Å². The lowest BCUT2D eigenvalue weighted by Gasteiger charge is -2.20. The second kappa shape index (κ2) is 7.04. The van der Waals surface area contributed by atoms with Crippen LogP contribution in [0.2, 0.25) is 0 Å². The highest BCUT2D eigenvalue weighted by Crippen LogP contribution is 2.23. The van der Waals surface area contributed by atoms with E-state index in [2.05, 4.69) is 27.8 Å². The van der Waals surface area contributed by atoms with Gasteiger partial charge in [-0.1, -0.05) is 19.8 Å².